The third-order valence-electron chi connectivity index (χ3n) is 5.01. The molecule has 2 aromatic carbocycles. The van der Waals surface area contributed by atoms with Crippen LogP contribution in [0.1, 0.15) is 30.7 Å². The van der Waals surface area contributed by atoms with Crippen LogP contribution in [0.15, 0.2) is 51.9 Å². The summed E-state index contributed by atoms with van der Waals surface area (Å²) in [6.07, 6.45) is 0.914. The number of carboxylic acids is 1. The molecular weight excluding hydrogens is 430 g/mol. The molecule has 0 bridgehead atoms. The second kappa shape index (κ2) is 9.44. The number of nitrogens with zero attached hydrogens (tertiary/aromatic N) is 1. The molecule has 0 aliphatic rings. The van der Waals surface area contributed by atoms with Crippen molar-refractivity contribution in [1.82, 2.24) is 5.16 Å². The molecule has 170 valence electrons. The van der Waals surface area contributed by atoms with Crippen molar-refractivity contribution in [2.75, 3.05) is 16.6 Å². The summed E-state index contributed by atoms with van der Waals surface area (Å²) < 4.78 is 34.1. The largest absolute Gasteiger partial charge is 0.480 e. The van der Waals surface area contributed by atoms with Crippen molar-refractivity contribution in [2.24, 2.45) is 5.92 Å². The fraction of sp³-hybridized carbons (Fsp3) is 0.304. The van der Waals surface area contributed by atoms with Crippen LogP contribution in [0, 0.1) is 19.8 Å². The van der Waals surface area contributed by atoms with Crippen molar-refractivity contribution < 1.29 is 22.8 Å². The highest BCUT2D eigenvalue weighted by Gasteiger charge is 2.23. The number of benzene rings is 2. The van der Waals surface area contributed by atoms with Gasteiger partial charge in [0.1, 0.15) is 6.54 Å². The average Bonchev–Trinajstić information content (AvgIpc) is 3.04. The van der Waals surface area contributed by atoms with E-state index in [1.807, 2.05) is 24.3 Å². The van der Waals surface area contributed by atoms with Gasteiger partial charge in [-0.15, -0.1) is 0 Å². The second-order valence-electron chi connectivity index (χ2n) is 8.08. The fourth-order valence-corrected chi connectivity index (χ4v) is 4.51. The van der Waals surface area contributed by atoms with Gasteiger partial charge in [-0.2, -0.15) is 0 Å². The van der Waals surface area contributed by atoms with Gasteiger partial charge in [-0.1, -0.05) is 43.3 Å². The summed E-state index contributed by atoms with van der Waals surface area (Å²) in [5.74, 6) is -0.453. The minimum absolute atomic E-state index is 0.0448. The molecule has 1 aromatic heterocycles. The first kappa shape index (κ1) is 23.3. The van der Waals surface area contributed by atoms with E-state index in [1.165, 1.54) is 12.1 Å². The van der Waals surface area contributed by atoms with Gasteiger partial charge in [-0.3, -0.25) is 4.79 Å². The van der Waals surface area contributed by atoms with Gasteiger partial charge >= 0.3 is 5.97 Å². The maximum absolute atomic E-state index is 13.2. The zero-order valence-electron chi connectivity index (χ0n) is 18.5. The van der Waals surface area contributed by atoms with E-state index in [9.17, 15) is 13.2 Å². The van der Waals surface area contributed by atoms with E-state index in [2.05, 4.69) is 29.0 Å². The van der Waals surface area contributed by atoms with Gasteiger partial charge in [0.25, 0.3) is 10.0 Å². The minimum Gasteiger partial charge on any atom is -0.480 e. The predicted octanol–water partition coefficient (Wildman–Crippen LogP) is 4.45. The summed E-state index contributed by atoms with van der Waals surface area (Å²) in [5, 5.41) is 15.5. The van der Waals surface area contributed by atoms with E-state index in [1.54, 1.807) is 19.9 Å². The van der Waals surface area contributed by atoms with E-state index in [0.29, 0.717) is 34.0 Å². The molecular formula is C23H27N3O5S. The van der Waals surface area contributed by atoms with Gasteiger partial charge in [-0.05, 0) is 55.5 Å². The number of hydrogen-bond donors (Lipinski definition) is 3. The number of rotatable bonds is 9. The first-order valence-electron chi connectivity index (χ1n) is 10.2. The lowest BCUT2D eigenvalue weighted by Crippen LogP contribution is -2.15. The number of aromatic nitrogens is 1. The predicted molar refractivity (Wildman–Crippen MR) is 123 cm³/mol. The van der Waals surface area contributed by atoms with Gasteiger partial charge in [0.2, 0.25) is 5.88 Å². The zero-order chi connectivity index (χ0) is 23.5. The van der Waals surface area contributed by atoms with E-state index in [4.69, 9.17) is 9.63 Å². The minimum atomic E-state index is -4.01. The molecule has 0 saturated heterocycles. The molecule has 0 atom stereocenters. The van der Waals surface area contributed by atoms with Crippen LogP contribution in [-0.2, 0) is 21.2 Å². The number of carbonyl (C=O) groups is 1. The number of aliphatic carboxylic acids is 1. The molecule has 3 aromatic rings. The summed E-state index contributed by atoms with van der Waals surface area (Å²) in [5.41, 5.74) is 3.99. The Bertz CT molecular complexity index is 1210. The molecule has 3 N–H and O–H groups in total. The maximum atomic E-state index is 13.2. The van der Waals surface area contributed by atoms with Crippen molar-refractivity contribution in [1.29, 1.82) is 0 Å². The molecule has 8 nitrogen and oxygen atoms in total. The third-order valence-corrected chi connectivity index (χ3v) is 6.40. The monoisotopic (exact) mass is 457 g/mol. The van der Waals surface area contributed by atoms with Crippen LogP contribution in [-0.4, -0.2) is 31.2 Å². The van der Waals surface area contributed by atoms with Crippen molar-refractivity contribution in [3.8, 4) is 11.1 Å². The Kier molecular flexibility index (Phi) is 6.88. The number of hydrogen-bond acceptors (Lipinski definition) is 6. The third kappa shape index (κ3) is 5.47. The second-order valence-corrected chi connectivity index (χ2v) is 9.73. The Morgan fingerprint density at radius 1 is 1.12 bits per heavy atom. The van der Waals surface area contributed by atoms with Crippen LogP contribution >= 0.6 is 0 Å². The van der Waals surface area contributed by atoms with Crippen molar-refractivity contribution in [2.45, 2.75) is 39.0 Å². The number of nitrogens with one attached hydrogen (secondary N) is 2. The molecule has 0 saturated carbocycles. The highest BCUT2D eigenvalue weighted by molar-refractivity contribution is 7.92. The molecule has 9 heteroatoms. The van der Waals surface area contributed by atoms with Crippen LogP contribution in [0.4, 0.5) is 11.6 Å². The summed E-state index contributed by atoms with van der Waals surface area (Å²) in [4.78, 5) is 11.0. The quantitative estimate of drug-likeness (QED) is 0.434. The highest BCUT2D eigenvalue weighted by atomic mass is 32.2. The van der Waals surface area contributed by atoms with Crippen LogP contribution < -0.4 is 10.0 Å². The number of anilines is 2. The molecule has 0 unspecified atom stereocenters. The molecule has 0 fully saturated rings. The Morgan fingerprint density at radius 2 is 1.81 bits per heavy atom. The molecule has 0 aliphatic carbocycles. The molecule has 0 radical (unpaired) electrons. The van der Waals surface area contributed by atoms with Crippen LogP contribution in [0.25, 0.3) is 11.1 Å². The highest BCUT2D eigenvalue weighted by Crippen LogP contribution is 2.32. The maximum Gasteiger partial charge on any atom is 0.322 e. The fourth-order valence-electron chi connectivity index (χ4n) is 3.26. The summed E-state index contributed by atoms with van der Waals surface area (Å²) >= 11 is 0. The molecule has 0 aliphatic heterocycles. The van der Waals surface area contributed by atoms with E-state index >= 15 is 0 Å². The van der Waals surface area contributed by atoms with E-state index < -0.39 is 16.0 Å². The number of sulfonamides is 1. The van der Waals surface area contributed by atoms with Crippen LogP contribution in [0.5, 0.6) is 0 Å². The van der Waals surface area contributed by atoms with Crippen molar-refractivity contribution in [3.05, 3.63) is 59.3 Å². The lowest BCUT2D eigenvalue weighted by molar-refractivity contribution is -0.134. The van der Waals surface area contributed by atoms with Crippen LogP contribution in [0.3, 0.4) is 0 Å². The molecule has 1 heterocycles. The summed E-state index contributed by atoms with van der Waals surface area (Å²) in [6.45, 7) is 7.43. The first-order chi connectivity index (χ1) is 15.1. The Morgan fingerprint density at radius 3 is 2.38 bits per heavy atom. The summed E-state index contributed by atoms with van der Waals surface area (Å²) in [7, 11) is -4.01. The van der Waals surface area contributed by atoms with Gasteiger partial charge in [0.15, 0.2) is 0 Å². The Hall–Kier alpha value is -3.33. The smallest absolute Gasteiger partial charge is 0.322 e. The average molecular weight is 458 g/mol. The molecule has 3 rings (SSSR count). The lowest BCUT2D eigenvalue weighted by atomic mass is 9.99. The van der Waals surface area contributed by atoms with Crippen molar-refractivity contribution in [3.63, 3.8) is 0 Å². The number of carboxylic acid groups (broad SMARTS) is 1. The van der Waals surface area contributed by atoms with Gasteiger partial charge < -0.3 is 14.9 Å². The zero-order valence-corrected chi connectivity index (χ0v) is 19.3. The van der Waals surface area contributed by atoms with Crippen LogP contribution in [0.2, 0.25) is 0 Å². The summed E-state index contributed by atoms with van der Waals surface area (Å²) in [6, 6.07) is 12.3. The van der Waals surface area contributed by atoms with E-state index in [0.717, 1.165) is 12.0 Å². The lowest BCUT2D eigenvalue weighted by Gasteiger charge is -2.15. The normalized spacial score (nSPS) is 11.5. The number of aryl methyl sites for hydroxylation is 1. The Balaban J connectivity index is 2.04. The molecule has 32 heavy (non-hydrogen) atoms. The van der Waals surface area contributed by atoms with E-state index in [-0.39, 0.29) is 17.3 Å². The first-order valence-corrected chi connectivity index (χ1v) is 11.7. The van der Waals surface area contributed by atoms with Gasteiger partial charge in [0.05, 0.1) is 10.6 Å². The van der Waals surface area contributed by atoms with Gasteiger partial charge in [-0.25, -0.2) is 13.1 Å². The SMILES string of the molecule is Cc1noc(NS(=O)(=O)c2ccc(NCC(=O)O)cc2-c2ccc(CC(C)C)cc2)c1C. The van der Waals surface area contributed by atoms with Crippen molar-refractivity contribution >= 4 is 27.6 Å². The molecule has 0 spiro atoms. The molecule has 0 amide bonds. The van der Waals surface area contributed by atoms with Gasteiger partial charge in [0, 0.05) is 16.8 Å². The standard InChI is InChI=1S/C23H27N3O5S/c1-14(2)11-17-5-7-18(8-6-17)20-12-19(24-13-22(27)28)9-10-21(20)32(29,30)26-23-15(3)16(4)25-31-23/h5-10,12,14,24,26H,11,13H2,1-4H3,(H,27,28). The topological polar surface area (TPSA) is 122 Å². The Labute approximate surface area is 187 Å².